The molecule has 1 nitrogen and oxygen atoms in total. The second-order valence-electron chi connectivity index (χ2n) is 6.55. The van der Waals surface area contributed by atoms with Crippen LogP contribution in [0.2, 0.25) is 0 Å². The molecule has 0 aliphatic carbocycles. The Hall–Kier alpha value is -0.0300. The molecule has 0 saturated carbocycles. The molecule has 2 N–H and O–H groups in total. The summed E-state index contributed by atoms with van der Waals surface area (Å²) in [5.74, 6) is 1.91. The minimum atomic E-state index is -10.7. The molecule has 0 aromatic carbocycles. The molecule has 0 fully saturated rings. The maximum atomic E-state index is 9.87. The first kappa shape index (κ1) is 26.2. The molecular formula is C16H36F6NP. The van der Waals surface area contributed by atoms with E-state index in [1.807, 2.05) is 0 Å². The van der Waals surface area contributed by atoms with Gasteiger partial charge in [0.1, 0.15) is 0 Å². The first-order chi connectivity index (χ1) is 10.7. The van der Waals surface area contributed by atoms with Gasteiger partial charge in [-0.05, 0) is 25.7 Å². The Morgan fingerprint density at radius 3 is 1.17 bits per heavy atom. The van der Waals surface area contributed by atoms with E-state index in [0.29, 0.717) is 0 Å². The summed E-state index contributed by atoms with van der Waals surface area (Å²) in [6, 6.07) is 0. The van der Waals surface area contributed by atoms with Gasteiger partial charge >= 0.3 is 33.0 Å². The Kier molecular flexibility index (Phi) is 11.8. The van der Waals surface area contributed by atoms with Crippen LogP contribution in [-0.4, -0.2) is 13.1 Å². The van der Waals surface area contributed by atoms with E-state index in [-0.39, 0.29) is 0 Å². The Morgan fingerprint density at radius 1 is 0.667 bits per heavy atom. The molecule has 2 atom stereocenters. The van der Waals surface area contributed by atoms with Gasteiger partial charge in [0.05, 0.1) is 13.1 Å². The average Bonchev–Trinajstić information content (AvgIpc) is 2.42. The van der Waals surface area contributed by atoms with Crippen molar-refractivity contribution < 1.29 is 30.5 Å². The van der Waals surface area contributed by atoms with Gasteiger partial charge in [0.2, 0.25) is 0 Å². The van der Waals surface area contributed by atoms with E-state index in [0.717, 1.165) is 11.8 Å². The van der Waals surface area contributed by atoms with E-state index in [2.05, 4.69) is 33.0 Å². The van der Waals surface area contributed by atoms with Gasteiger partial charge < -0.3 is 5.32 Å². The van der Waals surface area contributed by atoms with Gasteiger partial charge in [0.15, 0.2) is 0 Å². The first-order valence-corrected chi connectivity index (χ1v) is 11.1. The molecule has 0 aromatic rings. The van der Waals surface area contributed by atoms with Crippen LogP contribution in [0.1, 0.15) is 79.1 Å². The molecule has 0 bridgehead atoms. The fraction of sp³-hybridized carbons (Fsp3) is 1.00. The zero-order valence-corrected chi connectivity index (χ0v) is 16.4. The molecule has 0 rings (SSSR count). The molecule has 8 heteroatoms. The molecule has 0 aliphatic rings. The van der Waals surface area contributed by atoms with Crippen LogP contribution in [-0.2, 0) is 0 Å². The number of quaternary nitrogens is 1. The van der Waals surface area contributed by atoms with E-state index in [4.69, 9.17) is 0 Å². The van der Waals surface area contributed by atoms with Crippen molar-refractivity contribution >= 4 is 7.81 Å². The molecule has 0 amide bonds. The van der Waals surface area contributed by atoms with Crippen LogP contribution in [0, 0.1) is 11.8 Å². The normalized spacial score (nSPS) is 17.2. The van der Waals surface area contributed by atoms with Crippen LogP contribution in [0.5, 0.6) is 0 Å². The third-order valence-electron chi connectivity index (χ3n) is 4.09. The number of hydrogen-bond donors (Lipinski definition) is 1. The van der Waals surface area contributed by atoms with Crippen molar-refractivity contribution in [3.63, 3.8) is 0 Å². The van der Waals surface area contributed by atoms with E-state index < -0.39 is 7.81 Å². The first-order valence-electron chi connectivity index (χ1n) is 9.11. The van der Waals surface area contributed by atoms with Crippen molar-refractivity contribution in [1.29, 1.82) is 0 Å². The van der Waals surface area contributed by atoms with E-state index in [9.17, 15) is 25.2 Å². The molecule has 0 radical (unpaired) electrons. The van der Waals surface area contributed by atoms with E-state index >= 15 is 0 Å². The van der Waals surface area contributed by atoms with Crippen molar-refractivity contribution in [2.45, 2.75) is 79.1 Å². The van der Waals surface area contributed by atoms with Gasteiger partial charge in [0.25, 0.3) is 0 Å². The molecule has 0 spiro atoms. The van der Waals surface area contributed by atoms with Crippen LogP contribution in [0.25, 0.3) is 0 Å². The molecule has 0 aliphatic heterocycles. The second kappa shape index (κ2) is 10.8. The summed E-state index contributed by atoms with van der Waals surface area (Å²) in [6.07, 6.45) is 11.1. The van der Waals surface area contributed by atoms with Gasteiger partial charge in [-0.15, -0.1) is 0 Å². The second-order valence-corrected chi connectivity index (χ2v) is 8.47. The SMILES string of the molecule is CCCCC(CC)C[NH2+]CC(CC)CCCC.F[P-](F)(F)(F)(F)F. The summed E-state index contributed by atoms with van der Waals surface area (Å²) >= 11 is 0. The standard InChI is InChI=1S/C16H35N.F6P/c1-5-9-11-15(7-3)13-17-14-16(8-4)12-10-6-2;1-7(2,3,4,5)6/h15-17H,5-14H2,1-4H3;/q;-1/p+1. The maximum absolute atomic E-state index is 10.7. The molecule has 152 valence electrons. The third-order valence-corrected chi connectivity index (χ3v) is 4.09. The Morgan fingerprint density at radius 2 is 0.958 bits per heavy atom. The summed E-state index contributed by atoms with van der Waals surface area (Å²) in [4.78, 5) is 0. The summed E-state index contributed by atoms with van der Waals surface area (Å²) < 4.78 is 59.2. The Balaban J connectivity index is 0. The molecule has 0 heterocycles. The van der Waals surface area contributed by atoms with Crippen LogP contribution >= 0.6 is 7.81 Å². The number of halogens is 6. The monoisotopic (exact) mass is 387 g/mol. The molecule has 0 saturated heterocycles. The Bertz CT molecular complexity index is 276. The number of rotatable bonds is 12. The number of hydrogen-bond acceptors (Lipinski definition) is 0. The van der Waals surface area contributed by atoms with Crippen molar-refractivity contribution in [3.8, 4) is 0 Å². The third kappa shape index (κ3) is 29.9. The van der Waals surface area contributed by atoms with Crippen LogP contribution in [0.4, 0.5) is 25.2 Å². The fourth-order valence-corrected chi connectivity index (χ4v) is 2.53. The van der Waals surface area contributed by atoms with E-state index in [1.54, 1.807) is 0 Å². The average molecular weight is 387 g/mol. The predicted molar refractivity (Wildman–Crippen MR) is 91.8 cm³/mol. The molecule has 2 unspecified atom stereocenters. The summed E-state index contributed by atoms with van der Waals surface area (Å²) in [5, 5.41) is 2.59. The summed E-state index contributed by atoms with van der Waals surface area (Å²) in [7, 11) is -10.7. The van der Waals surface area contributed by atoms with E-state index in [1.165, 1.54) is 64.5 Å². The topological polar surface area (TPSA) is 16.6 Å². The van der Waals surface area contributed by atoms with Gasteiger partial charge in [-0.1, -0.05) is 53.4 Å². The van der Waals surface area contributed by atoms with Gasteiger partial charge in [-0.25, -0.2) is 0 Å². The van der Waals surface area contributed by atoms with Crippen molar-refractivity contribution in [3.05, 3.63) is 0 Å². The van der Waals surface area contributed by atoms with Crippen LogP contribution in [0.15, 0.2) is 0 Å². The number of unbranched alkanes of at least 4 members (excludes halogenated alkanes) is 2. The van der Waals surface area contributed by atoms with Gasteiger partial charge in [-0.2, -0.15) is 0 Å². The quantitative estimate of drug-likeness (QED) is 0.266. The molecular weight excluding hydrogens is 351 g/mol. The van der Waals surface area contributed by atoms with Crippen molar-refractivity contribution in [1.82, 2.24) is 0 Å². The summed E-state index contributed by atoms with van der Waals surface area (Å²) in [5.41, 5.74) is 0. The summed E-state index contributed by atoms with van der Waals surface area (Å²) in [6.45, 7) is 12.0. The minimum absolute atomic E-state index is 0.957. The Labute approximate surface area is 143 Å². The van der Waals surface area contributed by atoms with Gasteiger partial charge in [0, 0.05) is 11.8 Å². The molecule has 0 aromatic heterocycles. The fourth-order valence-electron chi connectivity index (χ4n) is 2.53. The molecule has 24 heavy (non-hydrogen) atoms. The van der Waals surface area contributed by atoms with Gasteiger partial charge in [-0.3, -0.25) is 0 Å². The van der Waals surface area contributed by atoms with Crippen LogP contribution in [0.3, 0.4) is 0 Å². The van der Waals surface area contributed by atoms with Crippen molar-refractivity contribution in [2.75, 3.05) is 13.1 Å². The van der Waals surface area contributed by atoms with Crippen LogP contribution < -0.4 is 5.32 Å². The number of nitrogens with two attached hydrogens (primary N) is 1. The predicted octanol–water partition coefficient (Wildman–Crippen LogP) is 7.37. The van der Waals surface area contributed by atoms with Crippen molar-refractivity contribution in [2.24, 2.45) is 11.8 Å². The zero-order valence-electron chi connectivity index (χ0n) is 15.5. The zero-order chi connectivity index (χ0) is 19.3.